The van der Waals surface area contributed by atoms with E-state index in [1.54, 1.807) is 63.1 Å². The molecule has 9 heteroatoms. The maximum Gasteiger partial charge on any atom is 0.414 e. The minimum absolute atomic E-state index is 0.129. The van der Waals surface area contributed by atoms with Gasteiger partial charge in [-0.3, -0.25) is 24.3 Å². The van der Waals surface area contributed by atoms with E-state index in [4.69, 9.17) is 9.26 Å². The summed E-state index contributed by atoms with van der Waals surface area (Å²) in [5, 5.41) is 3.94. The van der Waals surface area contributed by atoms with Crippen molar-refractivity contribution < 1.29 is 23.6 Å². The highest BCUT2D eigenvalue weighted by Gasteiger charge is 2.43. The molecule has 0 N–H and O–H groups in total. The van der Waals surface area contributed by atoms with Crippen LogP contribution in [0.2, 0.25) is 0 Å². The normalized spacial score (nSPS) is 16.6. The van der Waals surface area contributed by atoms with Gasteiger partial charge in [0.25, 0.3) is 5.91 Å². The highest BCUT2D eigenvalue weighted by Crippen LogP contribution is 2.32. The molecule has 1 aromatic heterocycles. The standard InChI is InChI=1S/C24H32N4O5/c1-23(2,3)28(19-14-15-32-25-19)21(30)18-12-13-20(29)27(18)17-10-8-16(9-11-17)26(7)22(31)33-24(4,5)6/h8-11,14-15,18H,12-13H2,1-7H3. The lowest BCUT2D eigenvalue weighted by atomic mass is 10.0. The Bertz CT molecular complexity index is 1000. The number of aromatic nitrogens is 1. The number of carbonyl (C=O) groups is 3. The molecule has 1 aromatic carbocycles. The van der Waals surface area contributed by atoms with Crippen LogP contribution in [0.1, 0.15) is 54.4 Å². The Labute approximate surface area is 194 Å². The zero-order chi connectivity index (χ0) is 24.6. The van der Waals surface area contributed by atoms with Gasteiger partial charge in [0.1, 0.15) is 17.9 Å². The second-order valence-corrected chi connectivity index (χ2v) is 10.1. The summed E-state index contributed by atoms with van der Waals surface area (Å²) in [5.41, 5.74) is 0.0298. The SMILES string of the molecule is CN(C(=O)OC(C)(C)C)c1ccc(N2C(=O)CCC2C(=O)N(c2ccon2)C(C)(C)C)cc1. The smallest absolute Gasteiger partial charge is 0.414 e. The molecule has 9 nitrogen and oxygen atoms in total. The maximum absolute atomic E-state index is 13.6. The van der Waals surface area contributed by atoms with Crippen LogP contribution in [0.25, 0.3) is 0 Å². The predicted molar refractivity (Wildman–Crippen MR) is 125 cm³/mol. The van der Waals surface area contributed by atoms with Crippen LogP contribution in [0.5, 0.6) is 0 Å². The van der Waals surface area contributed by atoms with Gasteiger partial charge in [-0.05, 0) is 72.2 Å². The van der Waals surface area contributed by atoms with E-state index in [1.807, 2.05) is 20.8 Å². The van der Waals surface area contributed by atoms with Crippen molar-refractivity contribution in [2.24, 2.45) is 0 Å². The van der Waals surface area contributed by atoms with Crippen molar-refractivity contribution in [2.45, 2.75) is 71.6 Å². The molecule has 1 saturated heterocycles. The largest absolute Gasteiger partial charge is 0.443 e. The summed E-state index contributed by atoms with van der Waals surface area (Å²) in [4.78, 5) is 43.2. The van der Waals surface area contributed by atoms with E-state index in [0.717, 1.165) is 0 Å². The Kier molecular flexibility index (Phi) is 6.53. The average molecular weight is 457 g/mol. The summed E-state index contributed by atoms with van der Waals surface area (Å²) in [5.74, 6) is 0.0499. The van der Waals surface area contributed by atoms with Crippen LogP contribution in [0.15, 0.2) is 41.1 Å². The monoisotopic (exact) mass is 456 g/mol. The van der Waals surface area contributed by atoms with E-state index < -0.39 is 23.3 Å². The molecule has 1 aliphatic rings. The number of hydrogen-bond donors (Lipinski definition) is 0. The Morgan fingerprint density at radius 2 is 1.73 bits per heavy atom. The third-order valence-corrected chi connectivity index (χ3v) is 5.22. The maximum atomic E-state index is 13.6. The van der Waals surface area contributed by atoms with Crippen molar-refractivity contribution >= 4 is 35.1 Å². The number of carbonyl (C=O) groups excluding carboxylic acids is 3. The fraction of sp³-hybridized carbons (Fsp3) is 0.500. The molecular formula is C24H32N4O5. The molecule has 2 heterocycles. The zero-order valence-electron chi connectivity index (χ0n) is 20.3. The highest BCUT2D eigenvalue weighted by atomic mass is 16.6. The Morgan fingerprint density at radius 3 is 2.24 bits per heavy atom. The Hall–Kier alpha value is -3.36. The van der Waals surface area contributed by atoms with Crippen LogP contribution in [0.3, 0.4) is 0 Å². The van der Waals surface area contributed by atoms with Crippen molar-refractivity contribution in [2.75, 3.05) is 21.7 Å². The average Bonchev–Trinajstić information content (AvgIpc) is 3.35. The number of amides is 3. The van der Waals surface area contributed by atoms with Gasteiger partial charge >= 0.3 is 6.09 Å². The van der Waals surface area contributed by atoms with E-state index in [1.165, 1.54) is 16.1 Å². The number of nitrogens with zero attached hydrogens (tertiary/aromatic N) is 4. The van der Waals surface area contributed by atoms with Crippen LogP contribution >= 0.6 is 0 Å². The van der Waals surface area contributed by atoms with Gasteiger partial charge in [0.15, 0.2) is 5.82 Å². The fourth-order valence-corrected chi connectivity index (χ4v) is 3.77. The molecule has 0 spiro atoms. The first-order valence-corrected chi connectivity index (χ1v) is 10.9. The van der Waals surface area contributed by atoms with E-state index in [9.17, 15) is 14.4 Å². The van der Waals surface area contributed by atoms with Crippen molar-refractivity contribution in [1.29, 1.82) is 0 Å². The van der Waals surface area contributed by atoms with Crippen LogP contribution < -0.4 is 14.7 Å². The lowest BCUT2D eigenvalue weighted by molar-refractivity contribution is -0.122. The van der Waals surface area contributed by atoms with Gasteiger partial charge in [0.2, 0.25) is 5.91 Å². The number of benzene rings is 1. The van der Waals surface area contributed by atoms with E-state index in [-0.39, 0.29) is 18.2 Å². The summed E-state index contributed by atoms with van der Waals surface area (Å²) in [7, 11) is 1.62. The number of hydrogen-bond acceptors (Lipinski definition) is 6. The molecule has 2 aromatic rings. The molecule has 3 amide bonds. The molecule has 0 saturated carbocycles. The van der Waals surface area contributed by atoms with Gasteiger partial charge in [0.05, 0.1) is 0 Å². The molecule has 33 heavy (non-hydrogen) atoms. The van der Waals surface area contributed by atoms with Gasteiger partial charge in [-0.1, -0.05) is 5.16 Å². The first-order chi connectivity index (χ1) is 15.3. The fourth-order valence-electron chi connectivity index (χ4n) is 3.77. The quantitative estimate of drug-likeness (QED) is 0.678. The Morgan fingerprint density at radius 1 is 1.09 bits per heavy atom. The van der Waals surface area contributed by atoms with Crippen molar-refractivity contribution in [1.82, 2.24) is 5.16 Å². The van der Waals surface area contributed by atoms with Crippen LogP contribution in [-0.4, -0.2) is 47.3 Å². The molecule has 178 valence electrons. The summed E-state index contributed by atoms with van der Waals surface area (Å²) in [6, 6.07) is 7.89. The van der Waals surface area contributed by atoms with Crippen LogP contribution in [-0.2, 0) is 14.3 Å². The van der Waals surface area contributed by atoms with Crippen molar-refractivity contribution in [3.05, 3.63) is 36.6 Å². The molecule has 1 fully saturated rings. The lowest BCUT2D eigenvalue weighted by Crippen LogP contribution is -2.54. The van der Waals surface area contributed by atoms with Gasteiger partial charge < -0.3 is 9.26 Å². The minimum atomic E-state index is -0.664. The van der Waals surface area contributed by atoms with Gasteiger partial charge in [-0.2, -0.15) is 0 Å². The molecular weight excluding hydrogens is 424 g/mol. The zero-order valence-corrected chi connectivity index (χ0v) is 20.3. The number of ether oxygens (including phenoxy) is 1. The molecule has 1 aliphatic heterocycles. The third-order valence-electron chi connectivity index (χ3n) is 5.22. The first kappa shape index (κ1) is 24.3. The first-order valence-electron chi connectivity index (χ1n) is 10.9. The van der Waals surface area contributed by atoms with Gasteiger partial charge in [-0.15, -0.1) is 0 Å². The van der Waals surface area contributed by atoms with Crippen molar-refractivity contribution in [3.63, 3.8) is 0 Å². The summed E-state index contributed by atoms with van der Waals surface area (Å²) in [6.07, 6.45) is 1.61. The van der Waals surface area contributed by atoms with E-state index in [2.05, 4.69) is 5.16 Å². The van der Waals surface area contributed by atoms with E-state index in [0.29, 0.717) is 23.6 Å². The van der Waals surface area contributed by atoms with Gasteiger partial charge in [-0.25, -0.2) is 4.79 Å². The van der Waals surface area contributed by atoms with Crippen LogP contribution in [0, 0.1) is 0 Å². The number of anilines is 3. The van der Waals surface area contributed by atoms with Gasteiger partial charge in [0, 0.05) is 36.4 Å². The second kappa shape index (κ2) is 8.88. The highest BCUT2D eigenvalue weighted by molar-refractivity contribution is 6.08. The molecule has 0 aliphatic carbocycles. The lowest BCUT2D eigenvalue weighted by Gasteiger charge is -2.37. The van der Waals surface area contributed by atoms with E-state index >= 15 is 0 Å². The molecule has 0 radical (unpaired) electrons. The predicted octanol–water partition coefficient (Wildman–Crippen LogP) is 4.37. The number of rotatable bonds is 4. The van der Waals surface area contributed by atoms with Crippen LogP contribution in [0.4, 0.5) is 22.0 Å². The molecule has 1 unspecified atom stereocenters. The molecule has 3 rings (SSSR count). The molecule has 0 bridgehead atoms. The topological polar surface area (TPSA) is 96.2 Å². The third kappa shape index (κ3) is 5.35. The molecule has 1 atom stereocenters. The minimum Gasteiger partial charge on any atom is -0.443 e. The Balaban J connectivity index is 1.85. The summed E-state index contributed by atoms with van der Waals surface area (Å²) in [6.45, 7) is 11.1. The van der Waals surface area contributed by atoms with Crippen molar-refractivity contribution in [3.8, 4) is 0 Å². The summed E-state index contributed by atoms with van der Waals surface area (Å²) < 4.78 is 10.4. The summed E-state index contributed by atoms with van der Waals surface area (Å²) >= 11 is 0. The second-order valence-electron chi connectivity index (χ2n) is 10.1.